The minimum absolute atomic E-state index is 0.232. The minimum Gasteiger partial charge on any atom is -0.467 e. The largest absolute Gasteiger partial charge is 0.467 e. The summed E-state index contributed by atoms with van der Waals surface area (Å²) in [6.45, 7) is 4.49. The van der Waals surface area contributed by atoms with Crippen LogP contribution in [-0.2, 0) is 16.0 Å². The van der Waals surface area contributed by atoms with E-state index in [1.807, 2.05) is 26.0 Å². The molecule has 0 bridgehead atoms. The van der Waals surface area contributed by atoms with Gasteiger partial charge >= 0.3 is 12.0 Å². The Bertz CT molecular complexity index is 834. The first-order chi connectivity index (χ1) is 13.4. The Morgan fingerprint density at radius 3 is 2.71 bits per heavy atom. The van der Waals surface area contributed by atoms with Crippen LogP contribution in [0.2, 0.25) is 5.02 Å². The lowest BCUT2D eigenvalue weighted by Crippen LogP contribution is -2.51. The number of hydrogen-bond acceptors (Lipinski definition) is 4. The van der Waals surface area contributed by atoms with Crippen molar-refractivity contribution in [1.82, 2.24) is 20.2 Å². The molecule has 3 rings (SSSR count). The van der Waals surface area contributed by atoms with Gasteiger partial charge < -0.3 is 19.9 Å². The summed E-state index contributed by atoms with van der Waals surface area (Å²) in [5.74, 6) is -0.210. The number of fused-ring (bicyclic) bond motifs is 1. The first-order valence-corrected chi connectivity index (χ1v) is 9.71. The number of urea groups is 1. The Labute approximate surface area is 169 Å². The second kappa shape index (κ2) is 8.65. The third kappa shape index (κ3) is 4.30. The van der Waals surface area contributed by atoms with Crippen LogP contribution < -0.4 is 5.32 Å². The van der Waals surface area contributed by atoms with Gasteiger partial charge in [0.1, 0.15) is 12.1 Å². The third-order valence-electron chi connectivity index (χ3n) is 4.86. The van der Waals surface area contributed by atoms with Gasteiger partial charge in [-0.05, 0) is 30.0 Å². The van der Waals surface area contributed by atoms with Crippen LogP contribution in [0.3, 0.4) is 0 Å². The smallest absolute Gasteiger partial charge is 0.328 e. The highest BCUT2D eigenvalue weighted by atomic mass is 35.5. The Hall–Kier alpha value is -2.54. The number of nitrogens with zero attached hydrogens (tertiary/aromatic N) is 2. The van der Waals surface area contributed by atoms with E-state index in [0.29, 0.717) is 24.4 Å². The third-order valence-corrected chi connectivity index (χ3v) is 5.11. The number of carbonyl (C=O) groups is 2. The molecule has 2 heterocycles. The van der Waals surface area contributed by atoms with E-state index in [9.17, 15) is 9.59 Å². The predicted octanol–water partition coefficient (Wildman–Crippen LogP) is 3.31. The summed E-state index contributed by atoms with van der Waals surface area (Å²) < 4.78 is 4.87. The highest BCUT2D eigenvalue weighted by Gasteiger charge is 2.35. The van der Waals surface area contributed by atoms with Gasteiger partial charge in [-0.25, -0.2) is 14.6 Å². The van der Waals surface area contributed by atoms with E-state index < -0.39 is 12.0 Å². The molecule has 150 valence electrons. The number of benzene rings is 1. The van der Waals surface area contributed by atoms with E-state index in [1.54, 1.807) is 23.4 Å². The zero-order valence-electron chi connectivity index (χ0n) is 16.2. The number of H-pyrrole nitrogens is 1. The Balaban J connectivity index is 1.89. The molecule has 0 unspecified atom stereocenters. The summed E-state index contributed by atoms with van der Waals surface area (Å²) in [7, 11) is 1.33. The Morgan fingerprint density at radius 1 is 1.36 bits per heavy atom. The number of hydrogen-bond donors (Lipinski definition) is 2. The fourth-order valence-corrected chi connectivity index (χ4v) is 3.66. The molecule has 8 heteroatoms. The van der Waals surface area contributed by atoms with Crippen molar-refractivity contribution >= 4 is 23.6 Å². The standard InChI is InChI=1S/C20H25ClN4O3/c1-12(2)10-16(19(26)28-3)24-20(27)25-9-8-15-17(23-11-22-15)18(25)13-4-6-14(21)7-5-13/h4-7,11-12,16,18H,8-10H2,1-3H3,(H,22,23)(H,24,27)/t16-,18+/m0/s1. The number of methoxy groups -OCH3 is 1. The van der Waals surface area contributed by atoms with Gasteiger partial charge in [0.05, 0.1) is 19.1 Å². The van der Waals surface area contributed by atoms with Gasteiger partial charge in [-0.3, -0.25) is 0 Å². The molecule has 0 saturated carbocycles. The highest BCUT2D eigenvalue weighted by Crippen LogP contribution is 2.34. The average molecular weight is 405 g/mol. The number of nitrogens with one attached hydrogen (secondary N) is 2. The number of esters is 1. The van der Waals surface area contributed by atoms with Crippen molar-refractivity contribution in [2.75, 3.05) is 13.7 Å². The van der Waals surface area contributed by atoms with Gasteiger partial charge in [0.2, 0.25) is 0 Å². The molecule has 1 aliphatic rings. The summed E-state index contributed by atoms with van der Waals surface area (Å²) in [5, 5.41) is 3.48. The molecule has 1 aromatic carbocycles. The summed E-state index contributed by atoms with van der Waals surface area (Å²) in [6, 6.07) is 6.01. The van der Waals surface area contributed by atoms with Crippen LogP contribution in [0.25, 0.3) is 0 Å². The normalized spacial score (nSPS) is 17.2. The van der Waals surface area contributed by atoms with E-state index in [4.69, 9.17) is 16.3 Å². The molecular weight excluding hydrogens is 380 g/mol. The van der Waals surface area contributed by atoms with Crippen molar-refractivity contribution in [2.45, 2.75) is 38.8 Å². The van der Waals surface area contributed by atoms with Gasteiger partial charge in [-0.15, -0.1) is 0 Å². The van der Waals surface area contributed by atoms with E-state index >= 15 is 0 Å². The molecule has 1 aromatic heterocycles. The number of amides is 2. The molecule has 28 heavy (non-hydrogen) atoms. The SMILES string of the molecule is COC(=O)[C@H](CC(C)C)NC(=O)N1CCc2[nH]cnc2[C@H]1c1ccc(Cl)cc1. The van der Waals surface area contributed by atoms with Crippen molar-refractivity contribution in [3.63, 3.8) is 0 Å². The van der Waals surface area contributed by atoms with Gasteiger partial charge in [0.15, 0.2) is 0 Å². The number of halogens is 1. The van der Waals surface area contributed by atoms with Crippen molar-refractivity contribution in [3.8, 4) is 0 Å². The van der Waals surface area contributed by atoms with E-state index in [0.717, 1.165) is 17.0 Å². The summed E-state index contributed by atoms with van der Waals surface area (Å²) >= 11 is 6.03. The van der Waals surface area contributed by atoms with E-state index in [2.05, 4.69) is 15.3 Å². The molecule has 2 atom stereocenters. The highest BCUT2D eigenvalue weighted by molar-refractivity contribution is 6.30. The lowest BCUT2D eigenvalue weighted by Gasteiger charge is -2.36. The zero-order chi connectivity index (χ0) is 20.3. The monoisotopic (exact) mass is 404 g/mol. The molecule has 7 nitrogen and oxygen atoms in total. The average Bonchev–Trinajstić information content (AvgIpc) is 3.15. The first kappa shape index (κ1) is 20.2. The summed E-state index contributed by atoms with van der Waals surface area (Å²) in [5.41, 5.74) is 2.73. The number of carbonyl (C=O) groups excluding carboxylic acids is 2. The number of aromatic amines is 1. The van der Waals surface area contributed by atoms with Crippen LogP contribution in [0.5, 0.6) is 0 Å². The molecule has 2 aromatic rings. The predicted molar refractivity (Wildman–Crippen MR) is 106 cm³/mol. The number of rotatable bonds is 5. The van der Waals surface area contributed by atoms with Crippen molar-refractivity contribution in [2.24, 2.45) is 5.92 Å². The second-order valence-electron chi connectivity index (χ2n) is 7.32. The Morgan fingerprint density at radius 2 is 2.07 bits per heavy atom. The lowest BCUT2D eigenvalue weighted by molar-refractivity contribution is -0.143. The Kier molecular flexibility index (Phi) is 6.24. The first-order valence-electron chi connectivity index (χ1n) is 9.33. The number of imidazole rings is 1. The fraction of sp³-hybridized carbons (Fsp3) is 0.450. The van der Waals surface area contributed by atoms with Crippen molar-refractivity contribution in [1.29, 1.82) is 0 Å². The maximum Gasteiger partial charge on any atom is 0.328 e. The molecule has 0 radical (unpaired) electrons. The molecule has 0 spiro atoms. The maximum atomic E-state index is 13.1. The van der Waals surface area contributed by atoms with Crippen LogP contribution in [0.4, 0.5) is 4.79 Å². The summed E-state index contributed by atoms with van der Waals surface area (Å²) in [4.78, 5) is 34.6. The van der Waals surface area contributed by atoms with Crippen LogP contribution in [0.15, 0.2) is 30.6 Å². The lowest BCUT2D eigenvalue weighted by atomic mass is 9.96. The molecule has 0 aliphatic carbocycles. The minimum atomic E-state index is -0.691. The van der Waals surface area contributed by atoms with Crippen molar-refractivity contribution in [3.05, 3.63) is 52.6 Å². The zero-order valence-corrected chi connectivity index (χ0v) is 17.0. The number of aromatic nitrogens is 2. The quantitative estimate of drug-likeness (QED) is 0.748. The van der Waals surface area contributed by atoms with E-state index in [-0.39, 0.29) is 18.0 Å². The van der Waals surface area contributed by atoms with Crippen LogP contribution in [0.1, 0.15) is 43.3 Å². The molecule has 0 fully saturated rings. The maximum absolute atomic E-state index is 13.1. The molecule has 2 N–H and O–H groups in total. The second-order valence-corrected chi connectivity index (χ2v) is 7.76. The van der Waals surface area contributed by atoms with Crippen LogP contribution in [-0.4, -0.2) is 46.6 Å². The van der Waals surface area contributed by atoms with Gasteiger partial charge in [0.25, 0.3) is 0 Å². The molecule has 0 saturated heterocycles. The molecule has 2 amide bonds. The van der Waals surface area contributed by atoms with Crippen LogP contribution in [0, 0.1) is 5.92 Å². The van der Waals surface area contributed by atoms with Gasteiger partial charge in [-0.2, -0.15) is 0 Å². The van der Waals surface area contributed by atoms with E-state index in [1.165, 1.54) is 7.11 Å². The number of ether oxygens (including phenoxy) is 1. The van der Waals surface area contributed by atoms with Crippen molar-refractivity contribution < 1.29 is 14.3 Å². The molecular formula is C20H25ClN4O3. The van der Waals surface area contributed by atoms with Crippen LogP contribution >= 0.6 is 11.6 Å². The topological polar surface area (TPSA) is 87.3 Å². The van der Waals surface area contributed by atoms with Gasteiger partial charge in [0, 0.05) is 23.7 Å². The fourth-order valence-electron chi connectivity index (χ4n) is 3.54. The summed E-state index contributed by atoms with van der Waals surface area (Å²) in [6.07, 6.45) is 2.82. The molecule has 1 aliphatic heterocycles. The van der Waals surface area contributed by atoms with Gasteiger partial charge in [-0.1, -0.05) is 37.6 Å².